The van der Waals surface area contributed by atoms with Crippen molar-refractivity contribution in [2.45, 2.75) is 25.8 Å². The molecule has 5 nitrogen and oxygen atoms in total. The van der Waals surface area contributed by atoms with Gasteiger partial charge >= 0.3 is 5.97 Å². The summed E-state index contributed by atoms with van der Waals surface area (Å²) in [6, 6.07) is 0.327. The van der Waals surface area contributed by atoms with Gasteiger partial charge in [-0.25, -0.2) is 4.79 Å². The molecule has 0 radical (unpaired) electrons. The van der Waals surface area contributed by atoms with Crippen LogP contribution in [0.4, 0.5) is 0 Å². The molecule has 0 saturated carbocycles. The lowest BCUT2D eigenvalue weighted by molar-refractivity contribution is -0.128. The maximum absolute atomic E-state index is 10.1. The van der Waals surface area contributed by atoms with Gasteiger partial charge in [-0.3, -0.25) is 0 Å². The van der Waals surface area contributed by atoms with Crippen LogP contribution in [0, 0.1) is 0 Å². The SMILES string of the molecule is CCN1CCC(N/N=C/C(=O)O)CC1. The summed E-state index contributed by atoms with van der Waals surface area (Å²) >= 11 is 0. The van der Waals surface area contributed by atoms with Gasteiger partial charge in [0.05, 0.1) is 0 Å². The second kappa shape index (κ2) is 5.59. The zero-order valence-corrected chi connectivity index (χ0v) is 8.44. The highest BCUT2D eigenvalue weighted by Crippen LogP contribution is 2.09. The van der Waals surface area contributed by atoms with Gasteiger partial charge < -0.3 is 15.4 Å². The average Bonchev–Trinajstić information content (AvgIpc) is 2.18. The minimum atomic E-state index is -1.01. The van der Waals surface area contributed by atoms with Crippen LogP contribution in [0.15, 0.2) is 5.10 Å². The van der Waals surface area contributed by atoms with E-state index >= 15 is 0 Å². The van der Waals surface area contributed by atoms with Crippen LogP contribution in [-0.4, -0.2) is 47.9 Å². The second-order valence-corrected chi connectivity index (χ2v) is 3.43. The molecule has 0 unspecified atom stereocenters. The summed E-state index contributed by atoms with van der Waals surface area (Å²) < 4.78 is 0. The topological polar surface area (TPSA) is 64.9 Å². The van der Waals surface area contributed by atoms with Crippen molar-refractivity contribution in [2.75, 3.05) is 19.6 Å². The van der Waals surface area contributed by atoms with Gasteiger partial charge in [-0.1, -0.05) is 6.92 Å². The lowest BCUT2D eigenvalue weighted by Gasteiger charge is -2.30. The second-order valence-electron chi connectivity index (χ2n) is 3.43. The number of piperidine rings is 1. The molecule has 5 heteroatoms. The van der Waals surface area contributed by atoms with Gasteiger partial charge in [0.15, 0.2) is 0 Å². The number of nitrogens with one attached hydrogen (secondary N) is 1. The van der Waals surface area contributed by atoms with Gasteiger partial charge in [0.25, 0.3) is 0 Å². The number of hydrazone groups is 1. The third-order valence-electron chi connectivity index (χ3n) is 2.47. The quantitative estimate of drug-likeness (QED) is 0.499. The van der Waals surface area contributed by atoms with Crippen molar-refractivity contribution in [2.24, 2.45) is 5.10 Å². The van der Waals surface area contributed by atoms with Crippen LogP contribution >= 0.6 is 0 Å². The van der Waals surface area contributed by atoms with Crippen molar-refractivity contribution in [3.05, 3.63) is 0 Å². The number of carboxylic acid groups (broad SMARTS) is 1. The fourth-order valence-corrected chi connectivity index (χ4v) is 1.58. The third kappa shape index (κ3) is 3.74. The van der Waals surface area contributed by atoms with Crippen LogP contribution in [-0.2, 0) is 4.79 Å². The van der Waals surface area contributed by atoms with Gasteiger partial charge in [0.1, 0.15) is 6.21 Å². The highest BCUT2D eigenvalue weighted by molar-refractivity contribution is 6.21. The Bertz CT molecular complexity index is 210. The Morgan fingerprint density at radius 1 is 1.64 bits per heavy atom. The van der Waals surface area contributed by atoms with E-state index in [1.54, 1.807) is 0 Å². The smallest absolute Gasteiger partial charge is 0.348 e. The van der Waals surface area contributed by atoms with Gasteiger partial charge in [0.2, 0.25) is 0 Å². The van der Waals surface area contributed by atoms with Gasteiger partial charge in [-0.2, -0.15) is 5.10 Å². The molecule has 0 atom stereocenters. The minimum absolute atomic E-state index is 0.327. The summed E-state index contributed by atoms with van der Waals surface area (Å²) in [4.78, 5) is 12.5. The van der Waals surface area contributed by atoms with Crippen LogP contribution in [0.2, 0.25) is 0 Å². The van der Waals surface area contributed by atoms with E-state index in [4.69, 9.17) is 5.11 Å². The van der Waals surface area contributed by atoms with Crippen molar-refractivity contribution >= 4 is 12.2 Å². The van der Waals surface area contributed by atoms with E-state index in [2.05, 4.69) is 22.4 Å². The first-order chi connectivity index (χ1) is 6.72. The van der Waals surface area contributed by atoms with E-state index in [1.165, 1.54) is 0 Å². The fourth-order valence-electron chi connectivity index (χ4n) is 1.58. The summed E-state index contributed by atoms with van der Waals surface area (Å²) in [6.07, 6.45) is 2.96. The summed E-state index contributed by atoms with van der Waals surface area (Å²) in [5, 5.41) is 12.0. The molecule has 80 valence electrons. The van der Waals surface area contributed by atoms with E-state index in [0.717, 1.165) is 38.7 Å². The molecule has 2 N–H and O–H groups in total. The molecule has 0 amide bonds. The lowest BCUT2D eigenvalue weighted by Crippen LogP contribution is -2.40. The monoisotopic (exact) mass is 199 g/mol. The molecule has 1 saturated heterocycles. The maximum Gasteiger partial charge on any atom is 0.348 e. The Labute approximate surface area is 83.8 Å². The molecule has 1 fully saturated rings. The number of nitrogens with zero attached hydrogens (tertiary/aromatic N) is 2. The summed E-state index contributed by atoms with van der Waals surface area (Å²) in [5.74, 6) is -1.01. The maximum atomic E-state index is 10.1. The van der Waals surface area contributed by atoms with Crippen LogP contribution in [0.3, 0.4) is 0 Å². The summed E-state index contributed by atoms with van der Waals surface area (Å²) in [7, 11) is 0. The van der Waals surface area contributed by atoms with Gasteiger partial charge in [0, 0.05) is 19.1 Å². The van der Waals surface area contributed by atoms with E-state index in [0.29, 0.717) is 6.04 Å². The molecule has 14 heavy (non-hydrogen) atoms. The van der Waals surface area contributed by atoms with Gasteiger partial charge in [-0.15, -0.1) is 0 Å². The Morgan fingerprint density at radius 2 is 2.29 bits per heavy atom. The van der Waals surface area contributed by atoms with Crippen LogP contribution in [0.5, 0.6) is 0 Å². The Morgan fingerprint density at radius 3 is 2.79 bits per heavy atom. The number of aliphatic carboxylic acids is 1. The molecular formula is C9H17N3O2. The largest absolute Gasteiger partial charge is 0.477 e. The fraction of sp³-hybridized carbons (Fsp3) is 0.778. The minimum Gasteiger partial charge on any atom is -0.477 e. The number of carboxylic acids is 1. The van der Waals surface area contributed by atoms with Crippen molar-refractivity contribution in [1.82, 2.24) is 10.3 Å². The normalized spacial score (nSPS) is 20.1. The highest BCUT2D eigenvalue weighted by Gasteiger charge is 2.16. The van der Waals surface area contributed by atoms with E-state index in [-0.39, 0.29) is 0 Å². The first kappa shape index (κ1) is 11.0. The Balaban J connectivity index is 2.19. The summed E-state index contributed by atoms with van der Waals surface area (Å²) in [6.45, 7) is 5.37. The molecule has 1 heterocycles. The molecule has 0 bridgehead atoms. The zero-order valence-electron chi connectivity index (χ0n) is 8.44. The lowest BCUT2D eigenvalue weighted by atomic mass is 10.1. The predicted molar refractivity (Wildman–Crippen MR) is 54.4 cm³/mol. The first-order valence-corrected chi connectivity index (χ1v) is 4.96. The molecule has 1 aliphatic heterocycles. The number of carbonyl (C=O) groups is 1. The number of likely N-dealkylation sites (tertiary alicyclic amines) is 1. The molecule has 1 rings (SSSR count). The van der Waals surface area contributed by atoms with Crippen molar-refractivity contribution in [1.29, 1.82) is 0 Å². The molecule has 0 aromatic rings. The van der Waals surface area contributed by atoms with Crippen molar-refractivity contribution in [3.63, 3.8) is 0 Å². The predicted octanol–water partition coefficient (Wildman–Crippen LogP) is 0.131. The Kier molecular flexibility index (Phi) is 4.39. The summed E-state index contributed by atoms with van der Waals surface area (Å²) in [5.41, 5.74) is 2.86. The first-order valence-electron chi connectivity index (χ1n) is 4.96. The molecule has 0 aromatic heterocycles. The van der Waals surface area contributed by atoms with Gasteiger partial charge in [-0.05, 0) is 19.4 Å². The molecule has 0 aliphatic carbocycles. The number of rotatable bonds is 4. The number of hydrogen-bond donors (Lipinski definition) is 2. The molecule has 0 aromatic carbocycles. The van der Waals surface area contributed by atoms with Crippen LogP contribution in [0.25, 0.3) is 0 Å². The molecule has 0 spiro atoms. The Hall–Kier alpha value is -1.10. The average molecular weight is 199 g/mol. The van der Waals surface area contributed by atoms with Crippen LogP contribution < -0.4 is 5.43 Å². The zero-order chi connectivity index (χ0) is 10.4. The third-order valence-corrected chi connectivity index (χ3v) is 2.47. The standard InChI is InChI=1S/C9H17N3O2/c1-2-12-5-3-8(4-6-12)11-10-7-9(13)14/h7-8,11H,2-6H2,1H3,(H,13,14)/b10-7+. The van der Waals surface area contributed by atoms with Crippen LogP contribution in [0.1, 0.15) is 19.8 Å². The van der Waals surface area contributed by atoms with E-state index < -0.39 is 5.97 Å². The van der Waals surface area contributed by atoms with Crippen molar-refractivity contribution in [3.8, 4) is 0 Å². The van der Waals surface area contributed by atoms with Crippen molar-refractivity contribution < 1.29 is 9.90 Å². The number of hydrogen-bond acceptors (Lipinski definition) is 4. The van der Waals surface area contributed by atoms with E-state index in [9.17, 15) is 4.79 Å². The van der Waals surface area contributed by atoms with E-state index in [1.807, 2.05) is 0 Å². The molecule has 1 aliphatic rings. The molecular weight excluding hydrogens is 182 g/mol. The highest BCUT2D eigenvalue weighted by atomic mass is 16.4.